The second-order valence-electron chi connectivity index (χ2n) is 4.00. The number of benzene rings is 1. The van der Waals surface area contributed by atoms with Crippen molar-refractivity contribution in [3.8, 4) is 0 Å². The molecule has 4 heteroatoms. The highest BCUT2D eigenvalue weighted by atomic mass is 35.5. The predicted octanol–water partition coefficient (Wildman–Crippen LogP) is 4.26. The molecule has 0 aliphatic rings. The van der Waals surface area contributed by atoms with Gasteiger partial charge in [-0.05, 0) is 24.5 Å². The van der Waals surface area contributed by atoms with Crippen LogP contribution in [0.4, 0.5) is 4.39 Å². The molecule has 1 nitrogen and oxygen atoms in total. The molecule has 1 aromatic rings. The Morgan fingerprint density at radius 2 is 2.00 bits per heavy atom. The first-order valence-electron chi connectivity index (χ1n) is 5.19. The third-order valence-corrected chi connectivity index (χ3v) is 3.24. The van der Waals surface area contributed by atoms with Crippen LogP contribution in [0.15, 0.2) is 12.1 Å². The van der Waals surface area contributed by atoms with Gasteiger partial charge in [-0.2, -0.15) is 0 Å². The van der Waals surface area contributed by atoms with Crippen molar-refractivity contribution in [3.63, 3.8) is 0 Å². The smallest absolute Gasteiger partial charge is 0.132 e. The molecule has 0 spiro atoms. The van der Waals surface area contributed by atoms with Gasteiger partial charge in [0, 0.05) is 16.6 Å². The quantitative estimate of drug-likeness (QED) is 0.869. The lowest BCUT2D eigenvalue weighted by atomic mass is 9.92. The zero-order chi connectivity index (χ0) is 11.6. The van der Waals surface area contributed by atoms with E-state index in [1.165, 1.54) is 0 Å². The van der Waals surface area contributed by atoms with Gasteiger partial charge >= 0.3 is 0 Å². The van der Waals surface area contributed by atoms with Gasteiger partial charge < -0.3 is 5.73 Å². The Balaban J connectivity index is 0.00000225. The average Bonchev–Trinajstić information content (AvgIpc) is 2.22. The first kappa shape index (κ1) is 15.7. The van der Waals surface area contributed by atoms with Crippen molar-refractivity contribution in [1.82, 2.24) is 0 Å². The number of aryl methyl sites for hydroxylation is 1. The summed E-state index contributed by atoms with van der Waals surface area (Å²) in [6.07, 6.45) is 0.908. The number of rotatable bonds is 3. The van der Waals surface area contributed by atoms with E-state index in [0.29, 0.717) is 16.1 Å². The molecule has 0 bridgehead atoms. The zero-order valence-corrected chi connectivity index (χ0v) is 11.3. The molecular weight excluding hydrogens is 248 g/mol. The van der Waals surface area contributed by atoms with E-state index >= 15 is 0 Å². The summed E-state index contributed by atoms with van der Waals surface area (Å²) in [5, 5.41) is 0.422. The van der Waals surface area contributed by atoms with Crippen LogP contribution < -0.4 is 5.73 Å². The molecule has 16 heavy (non-hydrogen) atoms. The molecule has 0 saturated carbocycles. The molecule has 0 heterocycles. The highest BCUT2D eigenvalue weighted by molar-refractivity contribution is 6.31. The fourth-order valence-electron chi connectivity index (χ4n) is 1.52. The Labute approximate surface area is 108 Å². The molecule has 1 aromatic carbocycles. The van der Waals surface area contributed by atoms with Crippen molar-refractivity contribution in [3.05, 3.63) is 34.1 Å². The molecular formula is C12H18Cl2FN. The number of hydrogen-bond donors (Lipinski definition) is 1. The summed E-state index contributed by atoms with van der Waals surface area (Å²) < 4.78 is 13.8. The van der Waals surface area contributed by atoms with Crippen molar-refractivity contribution in [2.24, 2.45) is 11.7 Å². The molecule has 0 aliphatic heterocycles. The molecule has 0 aliphatic carbocycles. The summed E-state index contributed by atoms with van der Waals surface area (Å²) in [5.74, 6) is -0.0471. The highest BCUT2D eigenvalue weighted by Gasteiger charge is 2.21. The van der Waals surface area contributed by atoms with Crippen LogP contribution in [0.2, 0.25) is 5.02 Å². The van der Waals surface area contributed by atoms with Crippen molar-refractivity contribution >= 4 is 24.0 Å². The summed E-state index contributed by atoms with van der Waals surface area (Å²) in [6, 6.07) is 3.05. The fraction of sp³-hybridized carbons (Fsp3) is 0.500. The summed E-state index contributed by atoms with van der Waals surface area (Å²) >= 11 is 5.98. The van der Waals surface area contributed by atoms with Gasteiger partial charge in [0.15, 0.2) is 0 Å². The fourth-order valence-corrected chi connectivity index (χ4v) is 1.79. The normalized spacial score (nSPS) is 14.1. The highest BCUT2D eigenvalue weighted by Crippen LogP contribution is 2.31. The molecule has 0 radical (unpaired) electrons. The van der Waals surface area contributed by atoms with Crippen LogP contribution in [-0.4, -0.2) is 0 Å². The third-order valence-electron chi connectivity index (χ3n) is 2.91. The van der Waals surface area contributed by atoms with E-state index in [1.54, 1.807) is 19.1 Å². The van der Waals surface area contributed by atoms with Crippen LogP contribution in [0.1, 0.15) is 37.4 Å². The first-order chi connectivity index (χ1) is 6.99. The minimum absolute atomic E-state index is 0. The van der Waals surface area contributed by atoms with E-state index in [4.69, 9.17) is 17.3 Å². The molecule has 1 unspecified atom stereocenters. The maximum absolute atomic E-state index is 13.8. The van der Waals surface area contributed by atoms with E-state index in [-0.39, 0.29) is 30.2 Å². The number of halogens is 3. The lowest BCUT2D eigenvalue weighted by Gasteiger charge is -2.21. The van der Waals surface area contributed by atoms with Crippen LogP contribution in [-0.2, 0) is 0 Å². The molecule has 92 valence electrons. The van der Waals surface area contributed by atoms with Gasteiger partial charge in [-0.25, -0.2) is 4.39 Å². The van der Waals surface area contributed by atoms with E-state index < -0.39 is 0 Å². The Bertz CT molecular complexity index is 355. The van der Waals surface area contributed by atoms with Crippen LogP contribution in [0, 0.1) is 18.7 Å². The second kappa shape index (κ2) is 6.43. The lowest BCUT2D eigenvalue weighted by Crippen LogP contribution is -2.20. The minimum Gasteiger partial charge on any atom is -0.324 e. The molecule has 0 aromatic heterocycles. The molecule has 0 amide bonds. The van der Waals surface area contributed by atoms with Gasteiger partial charge in [-0.15, -0.1) is 12.4 Å². The Hall–Kier alpha value is -0.310. The van der Waals surface area contributed by atoms with Gasteiger partial charge in [0.25, 0.3) is 0 Å². The minimum atomic E-state index is -0.331. The van der Waals surface area contributed by atoms with E-state index in [0.717, 1.165) is 6.42 Å². The van der Waals surface area contributed by atoms with Gasteiger partial charge in [0.1, 0.15) is 5.82 Å². The maximum Gasteiger partial charge on any atom is 0.132 e. The van der Waals surface area contributed by atoms with Gasteiger partial charge in [-0.3, -0.25) is 0 Å². The topological polar surface area (TPSA) is 26.0 Å². The summed E-state index contributed by atoms with van der Waals surface area (Å²) in [4.78, 5) is 0. The van der Waals surface area contributed by atoms with Crippen molar-refractivity contribution in [1.29, 1.82) is 0 Å². The Morgan fingerprint density at radius 3 is 2.50 bits per heavy atom. The molecule has 0 fully saturated rings. The largest absolute Gasteiger partial charge is 0.324 e. The van der Waals surface area contributed by atoms with Crippen LogP contribution in [0.3, 0.4) is 0 Å². The van der Waals surface area contributed by atoms with Crippen LogP contribution in [0.25, 0.3) is 0 Å². The number of hydrogen-bond acceptors (Lipinski definition) is 1. The zero-order valence-electron chi connectivity index (χ0n) is 9.76. The second-order valence-corrected chi connectivity index (χ2v) is 4.41. The monoisotopic (exact) mass is 265 g/mol. The third kappa shape index (κ3) is 3.09. The van der Waals surface area contributed by atoms with Crippen molar-refractivity contribution in [2.75, 3.05) is 0 Å². The lowest BCUT2D eigenvalue weighted by molar-refractivity contribution is 0.438. The first-order valence-corrected chi connectivity index (χ1v) is 5.56. The van der Waals surface area contributed by atoms with Crippen LogP contribution in [0.5, 0.6) is 0 Å². The van der Waals surface area contributed by atoms with Crippen molar-refractivity contribution < 1.29 is 4.39 Å². The van der Waals surface area contributed by atoms with Gasteiger partial charge in [0.2, 0.25) is 0 Å². The van der Waals surface area contributed by atoms with E-state index in [1.807, 2.05) is 13.8 Å². The summed E-state index contributed by atoms with van der Waals surface area (Å²) in [7, 11) is 0. The molecule has 2 N–H and O–H groups in total. The van der Waals surface area contributed by atoms with Gasteiger partial charge in [0.05, 0.1) is 0 Å². The SMILES string of the molecule is CCC(C)[C@@H](N)c1c(Cl)ccc(C)c1F.Cl. The Kier molecular flexibility index (Phi) is 6.31. The molecule has 2 atom stereocenters. The summed E-state index contributed by atoms with van der Waals surface area (Å²) in [6.45, 7) is 5.76. The van der Waals surface area contributed by atoms with E-state index in [9.17, 15) is 4.39 Å². The number of nitrogens with two attached hydrogens (primary N) is 1. The van der Waals surface area contributed by atoms with E-state index in [2.05, 4.69) is 0 Å². The maximum atomic E-state index is 13.8. The van der Waals surface area contributed by atoms with Crippen LogP contribution >= 0.6 is 24.0 Å². The standard InChI is InChI=1S/C12H17ClFN.ClH/c1-4-7(2)12(15)10-9(13)6-5-8(3)11(10)14;/h5-7,12H,4,15H2,1-3H3;1H/t7?,12-;/m1./s1. The Morgan fingerprint density at radius 1 is 1.44 bits per heavy atom. The molecule has 1 rings (SSSR count). The molecule has 0 saturated heterocycles. The summed E-state index contributed by atoms with van der Waals surface area (Å²) in [5.41, 5.74) is 7.04. The van der Waals surface area contributed by atoms with Crippen molar-refractivity contribution in [2.45, 2.75) is 33.2 Å². The van der Waals surface area contributed by atoms with Gasteiger partial charge in [-0.1, -0.05) is 37.9 Å². The predicted molar refractivity (Wildman–Crippen MR) is 69.8 cm³/mol. The average molecular weight is 266 g/mol.